The van der Waals surface area contributed by atoms with Gasteiger partial charge in [0.2, 0.25) is 0 Å². The highest BCUT2D eigenvalue weighted by atomic mass is 33.1. The van der Waals surface area contributed by atoms with Crippen molar-refractivity contribution in [3.63, 3.8) is 0 Å². The van der Waals surface area contributed by atoms with Gasteiger partial charge in [-0.1, -0.05) is 0 Å². The molecule has 0 bridgehead atoms. The third kappa shape index (κ3) is 2.18. The lowest BCUT2D eigenvalue weighted by Gasteiger charge is -1.97. The maximum absolute atomic E-state index is 5.46. The average Bonchev–Trinajstić information content (AvgIpc) is 2.74. The molecule has 0 spiro atoms. The summed E-state index contributed by atoms with van der Waals surface area (Å²) >= 11 is 0. The van der Waals surface area contributed by atoms with Crippen LogP contribution in [0.5, 0.6) is 0 Å². The molecular weight excluding hydrogens is 240 g/mol. The molecule has 0 saturated carbocycles. The minimum absolute atomic E-state index is 0.955. The number of hydrogen-bond acceptors (Lipinski definition) is 4. The Balaban J connectivity index is 2.08. The van der Waals surface area contributed by atoms with Crippen LogP contribution >= 0.6 is 21.6 Å². The van der Waals surface area contributed by atoms with Gasteiger partial charge in [-0.3, -0.25) is 0 Å². The number of furan rings is 2. The summed E-state index contributed by atoms with van der Waals surface area (Å²) in [5.74, 6) is 0. The van der Waals surface area contributed by atoms with Gasteiger partial charge in [0.15, 0.2) is 10.2 Å². The van der Waals surface area contributed by atoms with Crippen molar-refractivity contribution < 1.29 is 8.83 Å². The van der Waals surface area contributed by atoms with Crippen LogP contribution in [-0.4, -0.2) is 0 Å². The normalized spacial score (nSPS) is 11.0. The van der Waals surface area contributed by atoms with Crippen LogP contribution in [0, 0.1) is 27.7 Å². The molecule has 0 aromatic carbocycles. The summed E-state index contributed by atoms with van der Waals surface area (Å²) in [5, 5.41) is 1.91. The first-order valence-corrected chi connectivity index (χ1v) is 7.18. The van der Waals surface area contributed by atoms with Crippen molar-refractivity contribution in [1.29, 1.82) is 0 Å². The number of rotatable bonds is 3. The van der Waals surface area contributed by atoms with E-state index in [9.17, 15) is 0 Å². The third-order valence-corrected chi connectivity index (χ3v) is 5.02. The van der Waals surface area contributed by atoms with Crippen molar-refractivity contribution in [1.82, 2.24) is 0 Å². The van der Waals surface area contributed by atoms with Gasteiger partial charge in [-0.25, -0.2) is 0 Å². The van der Waals surface area contributed by atoms with E-state index < -0.39 is 0 Å². The predicted molar refractivity (Wildman–Crippen MR) is 68.1 cm³/mol. The van der Waals surface area contributed by atoms with Crippen LogP contribution in [0.25, 0.3) is 0 Å². The molecule has 0 unspecified atom stereocenters. The lowest BCUT2D eigenvalue weighted by atomic mass is 10.2. The minimum Gasteiger partial charge on any atom is -0.457 e. The van der Waals surface area contributed by atoms with E-state index in [0.717, 1.165) is 10.2 Å². The van der Waals surface area contributed by atoms with Crippen LogP contribution in [0.1, 0.15) is 22.3 Å². The van der Waals surface area contributed by atoms with Crippen LogP contribution < -0.4 is 0 Å². The molecule has 0 fully saturated rings. The fourth-order valence-electron chi connectivity index (χ4n) is 1.20. The number of hydrogen-bond donors (Lipinski definition) is 0. The summed E-state index contributed by atoms with van der Waals surface area (Å²) in [6, 6.07) is 0. The third-order valence-electron chi connectivity index (χ3n) is 2.67. The molecule has 0 aliphatic heterocycles. The Labute approximate surface area is 103 Å². The Bertz CT molecular complexity index is 451. The lowest BCUT2D eigenvalue weighted by molar-refractivity contribution is 0.468. The highest BCUT2D eigenvalue weighted by Crippen LogP contribution is 2.42. The van der Waals surface area contributed by atoms with Crippen molar-refractivity contribution in [3.05, 3.63) is 34.8 Å². The van der Waals surface area contributed by atoms with Gasteiger partial charge in [0.05, 0.1) is 12.5 Å². The maximum Gasteiger partial charge on any atom is 0.174 e. The van der Waals surface area contributed by atoms with E-state index in [1.807, 2.05) is 0 Å². The largest absolute Gasteiger partial charge is 0.457 e. The van der Waals surface area contributed by atoms with Crippen LogP contribution in [0.15, 0.2) is 31.5 Å². The summed E-state index contributed by atoms with van der Waals surface area (Å²) in [6.07, 6.45) is 3.58. The van der Waals surface area contributed by atoms with Gasteiger partial charge in [0.1, 0.15) is 0 Å². The molecule has 16 heavy (non-hydrogen) atoms. The molecule has 0 N–H and O–H groups in total. The lowest BCUT2D eigenvalue weighted by Crippen LogP contribution is -1.73. The SMILES string of the molecule is Cc1coc(SSc2occ(C)c2C)c1C. The summed E-state index contributed by atoms with van der Waals surface area (Å²) < 4.78 is 10.9. The van der Waals surface area contributed by atoms with E-state index in [1.54, 1.807) is 34.1 Å². The standard InChI is InChI=1S/C12H14O2S2/c1-7-5-13-11(9(7)3)15-16-12-10(4)8(2)6-14-12/h5-6H,1-4H3. The van der Waals surface area contributed by atoms with E-state index in [-0.39, 0.29) is 0 Å². The molecule has 0 amide bonds. The molecule has 0 aliphatic carbocycles. The molecule has 2 aromatic heterocycles. The first kappa shape index (κ1) is 11.7. The van der Waals surface area contributed by atoms with E-state index in [1.165, 1.54) is 22.3 Å². The zero-order valence-electron chi connectivity index (χ0n) is 9.79. The van der Waals surface area contributed by atoms with Gasteiger partial charge in [0, 0.05) is 11.1 Å². The molecule has 2 aromatic rings. The Hall–Kier alpha value is -0.740. The predicted octanol–water partition coefficient (Wildman–Crippen LogP) is 4.91. The van der Waals surface area contributed by atoms with E-state index in [2.05, 4.69) is 27.7 Å². The van der Waals surface area contributed by atoms with Gasteiger partial charge in [-0.05, 0) is 60.4 Å². The van der Waals surface area contributed by atoms with Crippen LogP contribution in [-0.2, 0) is 0 Å². The fourth-order valence-corrected chi connectivity index (χ4v) is 3.54. The zero-order valence-corrected chi connectivity index (χ0v) is 11.4. The topological polar surface area (TPSA) is 26.3 Å². The molecule has 2 heterocycles. The second-order valence-electron chi connectivity index (χ2n) is 3.83. The maximum atomic E-state index is 5.46. The summed E-state index contributed by atoms with van der Waals surface area (Å²) in [5.41, 5.74) is 4.79. The van der Waals surface area contributed by atoms with Crippen LogP contribution in [0.4, 0.5) is 0 Å². The van der Waals surface area contributed by atoms with Crippen molar-refractivity contribution in [3.8, 4) is 0 Å². The first-order chi connectivity index (χ1) is 7.59. The van der Waals surface area contributed by atoms with Crippen molar-refractivity contribution >= 4 is 21.6 Å². The Morgan fingerprint density at radius 3 is 1.38 bits per heavy atom. The Kier molecular flexibility index (Phi) is 3.40. The Morgan fingerprint density at radius 1 is 0.750 bits per heavy atom. The van der Waals surface area contributed by atoms with Gasteiger partial charge >= 0.3 is 0 Å². The molecule has 2 rings (SSSR count). The Morgan fingerprint density at radius 2 is 1.12 bits per heavy atom. The number of aryl methyl sites for hydroxylation is 2. The van der Waals surface area contributed by atoms with E-state index in [4.69, 9.17) is 8.83 Å². The zero-order chi connectivity index (χ0) is 11.7. The van der Waals surface area contributed by atoms with E-state index in [0.29, 0.717) is 0 Å². The monoisotopic (exact) mass is 254 g/mol. The molecule has 0 radical (unpaired) electrons. The van der Waals surface area contributed by atoms with Crippen LogP contribution in [0.3, 0.4) is 0 Å². The molecule has 0 saturated heterocycles. The molecule has 86 valence electrons. The molecule has 2 nitrogen and oxygen atoms in total. The summed E-state index contributed by atoms with van der Waals surface area (Å²) in [7, 11) is 3.21. The van der Waals surface area contributed by atoms with Gasteiger partial charge in [-0.15, -0.1) is 0 Å². The van der Waals surface area contributed by atoms with Crippen molar-refractivity contribution in [2.24, 2.45) is 0 Å². The van der Waals surface area contributed by atoms with Crippen molar-refractivity contribution in [2.45, 2.75) is 37.9 Å². The van der Waals surface area contributed by atoms with Gasteiger partial charge < -0.3 is 8.83 Å². The quantitative estimate of drug-likeness (QED) is 0.727. The smallest absolute Gasteiger partial charge is 0.174 e. The molecule has 0 aliphatic rings. The van der Waals surface area contributed by atoms with E-state index >= 15 is 0 Å². The first-order valence-electron chi connectivity index (χ1n) is 5.03. The second kappa shape index (κ2) is 4.63. The highest BCUT2D eigenvalue weighted by molar-refractivity contribution is 8.76. The van der Waals surface area contributed by atoms with Crippen molar-refractivity contribution in [2.75, 3.05) is 0 Å². The second-order valence-corrected chi connectivity index (χ2v) is 5.90. The fraction of sp³-hybridized carbons (Fsp3) is 0.333. The molecular formula is C12H14O2S2. The summed E-state index contributed by atoms with van der Waals surface area (Å²) in [4.78, 5) is 0. The molecule has 0 atom stereocenters. The van der Waals surface area contributed by atoms with Gasteiger partial charge in [-0.2, -0.15) is 0 Å². The van der Waals surface area contributed by atoms with Gasteiger partial charge in [0.25, 0.3) is 0 Å². The summed E-state index contributed by atoms with van der Waals surface area (Å²) in [6.45, 7) is 8.25. The average molecular weight is 254 g/mol. The van der Waals surface area contributed by atoms with Crippen LogP contribution in [0.2, 0.25) is 0 Å². The minimum atomic E-state index is 0.955. The highest BCUT2D eigenvalue weighted by Gasteiger charge is 2.12. The molecule has 4 heteroatoms.